The summed E-state index contributed by atoms with van der Waals surface area (Å²) in [6.07, 6.45) is 4.93. The molecule has 2 aliphatic heterocycles. The Morgan fingerprint density at radius 1 is 1.00 bits per heavy atom. The van der Waals surface area contributed by atoms with Gasteiger partial charge in [-0.15, -0.1) is 0 Å². The van der Waals surface area contributed by atoms with Gasteiger partial charge in [-0.3, -0.25) is 29.3 Å². The van der Waals surface area contributed by atoms with E-state index in [1.807, 2.05) is 12.2 Å². The highest BCUT2D eigenvalue weighted by Crippen LogP contribution is 2.39. The molecule has 5 rings (SSSR count). The number of anilines is 2. The Bertz CT molecular complexity index is 1290. The largest absolute Gasteiger partial charge is 0.426 e. The molecule has 2 fully saturated rings. The van der Waals surface area contributed by atoms with E-state index in [0.29, 0.717) is 29.8 Å². The summed E-state index contributed by atoms with van der Waals surface area (Å²) < 4.78 is 5.52. The first-order valence-corrected chi connectivity index (χ1v) is 11.6. The first-order valence-electron chi connectivity index (χ1n) is 11.6. The zero-order valence-electron chi connectivity index (χ0n) is 19.5. The molecule has 3 atom stereocenters. The Hall–Kier alpha value is -4.34. The van der Waals surface area contributed by atoms with Gasteiger partial charge < -0.3 is 9.64 Å². The van der Waals surface area contributed by atoms with Crippen LogP contribution in [0.25, 0.3) is 0 Å². The molecule has 1 aliphatic carbocycles. The standard InChI is InChI=1S/C26H23N3O7/c1-15-12-19(10-11-22(15)28-24(31)20-4-2-3-5-21(20)25(28)32)36-26(33)16-13-23(30)27(14-16)17-6-8-18(9-7-17)29(34)35/h2-3,6-12,16,20-21H,4-5,13-14H2,1H3/t16-,20-,21+/m0/s1. The Balaban J connectivity index is 1.26. The van der Waals surface area contributed by atoms with Gasteiger partial charge >= 0.3 is 5.97 Å². The number of carbonyl (C=O) groups is 4. The summed E-state index contributed by atoms with van der Waals surface area (Å²) in [6, 6.07) is 10.3. The molecule has 36 heavy (non-hydrogen) atoms. The fraction of sp³-hybridized carbons (Fsp3) is 0.308. The molecule has 2 saturated heterocycles. The summed E-state index contributed by atoms with van der Waals surface area (Å²) in [5.74, 6) is -2.40. The van der Waals surface area contributed by atoms with E-state index in [1.165, 1.54) is 40.1 Å². The van der Waals surface area contributed by atoms with Gasteiger partial charge in [-0.2, -0.15) is 0 Å². The van der Waals surface area contributed by atoms with E-state index >= 15 is 0 Å². The zero-order valence-corrected chi connectivity index (χ0v) is 19.5. The molecule has 2 heterocycles. The lowest BCUT2D eigenvalue weighted by Gasteiger charge is -2.19. The van der Waals surface area contributed by atoms with Gasteiger partial charge in [0, 0.05) is 30.8 Å². The Morgan fingerprint density at radius 2 is 1.64 bits per heavy atom. The SMILES string of the molecule is Cc1cc(OC(=O)[C@H]2CC(=O)N(c3ccc([N+](=O)[O-])cc3)C2)ccc1N1C(=O)[C@H]2CC=CC[C@H]2C1=O. The van der Waals surface area contributed by atoms with E-state index in [9.17, 15) is 29.3 Å². The second-order valence-electron chi connectivity index (χ2n) is 9.22. The fourth-order valence-corrected chi connectivity index (χ4v) is 5.05. The van der Waals surface area contributed by atoms with Crippen LogP contribution in [0.3, 0.4) is 0 Å². The maximum atomic E-state index is 12.9. The molecule has 0 unspecified atom stereocenters. The summed E-state index contributed by atoms with van der Waals surface area (Å²) in [5.41, 5.74) is 1.47. The third-order valence-corrected chi connectivity index (χ3v) is 6.97. The van der Waals surface area contributed by atoms with Gasteiger partial charge in [0.2, 0.25) is 17.7 Å². The second kappa shape index (κ2) is 9.03. The molecule has 2 aromatic carbocycles. The number of non-ortho nitro benzene ring substituents is 1. The van der Waals surface area contributed by atoms with E-state index in [0.717, 1.165) is 0 Å². The number of nitro benzene ring substituents is 1. The van der Waals surface area contributed by atoms with Crippen LogP contribution in [0.1, 0.15) is 24.8 Å². The smallest absolute Gasteiger partial charge is 0.316 e. The number of hydrogen-bond donors (Lipinski definition) is 0. The molecule has 0 radical (unpaired) electrons. The number of carbonyl (C=O) groups excluding carboxylic acids is 4. The minimum absolute atomic E-state index is 0.0412. The van der Waals surface area contributed by atoms with Crippen LogP contribution in [0.2, 0.25) is 0 Å². The lowest BCUT2D eigenvalue weighted by molar-refractivity contribution is -0.384. The molecule has 0 saturated carbocycles. The van der Waals surface area contributed by atoms with E-state index in [-0.39, 0.29) is 54.0 Å². The van der Waals surface area contributed by atoms with Crippen LogP contribution in [0.4, 0.5) is 17.1 Å². The van der Waals surface area contributed by atoms with Crippen LogP contribution >= 0.6 is 0 Å². The van der Waals surface area contributed by atoms with E-state index in [1.54, 1.807) is 19.1 Å². The molecular formula is C26H23N3O7. The number of hydrogen-bond acceptors (Lipinski definition) is 7. The van der Waals surface area contributed by atoms with E-state index in [2.05, 4.69) is 0 Å². The number of ether oxygens (including phenoxy) is 1. The van der Waals surface area contributed by atoms with Crippen LogP contribution in [-0.4, -0.2) is 35.2 Å². The minimum atomic E-state index is -0.704. The van der Waals surface area contributed by atoms with Crippen molar-refractivity contribution < 1.29 is 28.8 Å². The van der Waals surface area contributed by atoms with E-state index in [4.69, 9.17) is 4.74 Å². The fourth-order valence-electron chi connectivity index (χ4n) is 5.05. The lowest BCUT2D eigenvalue weighted by Crippen LogP contribution is -2.31. The minimum Gasteiger partial charge on any atom is -0.426 e. The number of allylic oxidation sites excluding steroid dienone is 2. The van der Waals surface area contributed by atoms with Crippen molar-refractivity contribution in [3.8, 4) is 5.75 Å². The number of fused-ring (bicyclic) bond motifs is 1. The molecule has 3 amide bonds. The lowest BCUT2D eigenvalue weighted by atomic mass is 9.85. The second-order valence-corrected chi connectivity index (χ2v) is 9.22. The summed E-state index contributed by atoms with van der Waals surface area (Å²) in [4.78, 5) is 64.0. The van der Waals surface area contributed by atoms with Crippen molar-refractivity contribution in [1.29, 1.82) is 0 Å². The molecule has 2 aromatic rings. The molecule has 0 bridgehead atoms. The average Bonchev–Trinajstić information content (AvgIpc) is 3.37. The molecule has 3 aliphatic rings. The van der Waals surface area contributed by atoms with Gasteiger partial charge in [0.15, 0.2) is 0 Å². The summed E-state index contributed by atoms with van der Waals surface area (Å²) >= 11 is 0. The highest BCUT2D eigenvalue weighted by Gasteiger charge is 2.48. The van der Waals surface area contributed by atoms with Crippen LogP contribution in [0.15, 0.2) is 54.6 Å². The maximum absolute atomic E-state index is 12.9. The van der Waals surface area contributed by atoms with Gasteiger partial charge in [0.05, 0.1) is 28.4 Å². The number of nitro groups is 1. The van der Waals surface area contributed by atoms with Gasteiger partial charge in [0.25, 0.3) is 5.69 Å². The zero-order chi connectivity index (χ0) is 25.6. The molecule has 0 spiro atoms. The molecule has 10 heteroatoms. The van der Waals surface area contributed by atoms with Crippen LogP contribution < -0.4 is 14.5 Å². The monoisotopic (exact) mass is 489 g/mol. The predicted molar refractivity (Wildman–Crippen MR) is 128 cm³/mol. The van der Waals surface area contributed by atoms with Crippen molar-refractivity contribution in [2.45, 2.75) is 26.2 Å². The molecule has 0 N–H and O–H groups in total. The highest BCUT2D eigenvalue weighted by atomic mass is 16.6. The number of aryl methyl sites for hydroxylation is 1. The molecular weight excluding hydrogens is 466 g/mol. The quantitative estimate of drug-likeness (QED) is 0.157. The van der Waals surface area contributed by atoms with Crippen LogP contribution in [0.5, 0.6) is 5.75 Å². The number of nitrogens with zero attached hydrogens (tertiary/aromatic N) is 3. The predicted octanol–water partition coefficient (Wildman–Crippen LogP) is 3.32. The number of benzene rings is 2. The first kappa shape index (κ1) is 23.4. The molecule has 0 aromatic heterocycles. The molecule has 10 nitrogen and oxygen atoms in total. The van der Waals surface area contributed by atoms with Crippen LogP contribution in [0, 0.1) is 34.8 Å². The van der Waals surface area contributed by atoms with Crippen molar-refractivity contribution in [2.75, 3.05) is 16.3 Å². The van der Waals surface area contributed by atoms with Gasteiger partial charge in [-0.25, -0.2) is 4.90 Å². The highest BCUT2D eigenvalue weighted by molar-refractivity contribution is 6.22. The number of imide groups is 1. The van der Waals surface area contributed by atoms with Crippen molar-refractivity contribution in [2.24, 2.45) is 17.8 Å². The summed E-state index contributed by atoms with van der Waals surface area (Å²) in [6.45, 7) is 1.84. The van der Waals surface area contributed by atoms with E-state index < -0.39 is 16.8 Å². The van der Waals surface area contributed by atoms with Gasteiger partial charge in [-0.05, 0) is 55.7 Å². The Kier molecular flexibility index (Phi) is 5.87. The van der Waals surface area contributed by atoms with Gasteiger partial charge in [-0.1, -0.05) is 12.2 Å². The number of rotatable bonds is 5. The first-order chi connectivity index (χ1) is 17.2. The topological polar surface area (TPSA) is 127 Å². The summed E-state index contributed by atoms with van der Waals surface area (Å²) in [5, 5.41) is 10.8. The normalized spacial score (nSPS) is 23.2. The third-order valence-electron chi connectivity index (χ3n) is 6.97. The Labute approximate surface area is 206 Å². The van der Waals surface area contributed by atoms with Crippen molar-refractivity contribution in [3.63, 3.8) is 0 Å². The maximum Gasteiger partial charge on any atom is 0.316 e. The van der Waals surface area contributed by atoms with Crippen molar-refractivity contribution >= 4 is 40.8 Å². The summed E-state index contributed by atoms with van der Waals surface area (Å²) in [7, 11) is 0. The van der Waals surface area contributed by atoms with Crippen molar-refractivity contribution in [3.05, 3.63) is 70.3 Å². The molecule has 184 valence electrons. The Morgan fingerprint density at radius 3 is 2.22 bits per heavy atom. The number of esters is 1. The van der Waals surface area contributed by atoms with Crippen LogP contribution in [-0.2, 0) is 19.2 Å². The average molecular weight is 489 g/mol. The number of amides is 3. The van der Waals surface area contributed by atoms with Crippen molar-refractivity contribution in [1.82, 2.24) is 0 Å². The van der Waals surface area contributed by atoms with Gasteiger partial charge in [0.1, 0.15) is 5.75 Å². The third kappa shape index (κ3) is 4.04.